The number of nitrogens with zero attached hydrogens (tertiary/aromatic N) is 1. The van der Waals surface area contributed by atoms with Crippen molar-refractivity contribution in [1.82, 2.24) is 10.3 Å². The van der Waals surface area contributed by atoms with Gasteiger partial charge in [0.2, 0.25) is 0 Å². The third-order valence-corrected chi connectivity index (χ3v) is 4.22. The van der Waals surface area contributed by atoms with Gasteiger partial charge in [0.1, 0.15) is 0 Å². The highest BCUT2D eigenvalue weighted by atomic mass is 32.2. The molecular weight excluding hydrogens is 373 g/mol. The highest BCUT2D eigenvalue weighted by Crippen LogP contribution is 2.32. The van der Waals surface area contributed by atoms with Crippen LogP contribution in [0.3, 0.4) is 0 Å². The molecule has 26 heavy (non-hydrogen) atoms. The number of carbonyl (C=O) groups excluding carboxylic acids is 1. The summed E-state index contributed by atoms with van der Waals surface area (Å²) in [6.45, 7) is 1.67. The molecule has 140 valence electrons. The summed E-state index contributed by atoms with van der Waals surface area (Å²) < 4.78 is 64.3. The van der Waals surface area contributed by atoms with E-state index >= 15 is 0 Å². The second-order valence-corrected chi connectivity index (χ2v) is 6.63. The average Bonchev–Trinajstić information content (AvgIpc) is 2.56. The molecule has 1 amide bonds. The highest BCUT2D eigenvalue weighted by molar-refractivity contribution is 8.07. The third kappa shape index (κ3) is 4.85. The summed E-state index contributed by atoms with van der Waals surface area (Å²) in [7, 11) is -4.38. The molecule has 1 aromatic heterocycles. The van der Waals surface area contributed by atoms with Gasteiger partial charge in [0.15, 0.2) is 0 Å². The summed E-state index contributed by atoms with van der Waals surface area (Å²) in [5.41, 5.74) is -0.728. The number of halogens is 3. The van der Waals surface area contributed by atoms with Crippen molar-refractivity contribution in [3.63, 3.8) is 0 Å². The molecular formula is C15H15F3N4O3S. The molecule has 1 aromatic carbocycles. The zero-order valence-corrected chi connectivity index (χ0v) is 14.3. The number of sulfonamides is 1. The van der Waals surface area contributed by atoms with Gasteiger partial charge in [-0.15, -0.1) is 0 Å². The number of anilines is 3. The maximum absolute atomic E-state index is 12.8. The van der Waals surface area contributed by atoms with Crippen molar-refractivity contribution in [2.24, 2.45) is 0 Å². The van der Waals surface area contributed by atoms with Crippen molar-refractivity contribution in [2.45, 2.75) is 13.1 Å². The first-order valence-electron chi connectivity index (χ1n) is 7.32. The Morgan fingerprint density at radius 3 is 2.58 bits per heavy atom. The van der Waals surface area contributed by atoms with E-state index in [4.69, 9.17) is 0 Å². The van der Waals surface area contributed by atoms with Crippen LogP contribution in [0.4, 0.5) is 35.0 Å². The molecule has 11 heteroatoms. The summed E-state index contributed by atoms with van der Waals surface area (Å²) in [4.78, 5) is 15.3. The fraction of sp³-hybridized carbons (Fsp3) is 0.200. The molecule has 0 saturated carbocycles. The maximum Gasteiger partial charge on any atom is 0.416 e. The van der Waals surface area contributed by atoms with Gasteiger partial charge >= 0.3 is 21.4 Å². The number of pyridine rings is 1. The number of alkyl halides is 3. The van der Waals surface area contributed by atoms with E-state index in [-0.39, 0.29) is 23.6 Å². The number of rotatable bonds is 5. The van der Waals surface area contributed by atoms with Gasteiger partial charge in [-0.25, -0.2) is 0 Å². The van der Waals surface area contributed by atoms with Crippen LogP contribution in [0.2, 0.25) is 0 Å². The average molecular weight is 388 g/mol. The minimum absolute atomic E-state index is 0.0869. The summed E-state index contributed by atoms with van der Waals surface area (Å²) in [6, 6.07) is 5.75. The normalized spacial score (nSPS) is 11.7. The Balaban J connectivity index is 2.29. The van der Waals surface area contributed by atoms with Gasteiger partial charge in [-0.05, 0) is 31.2 Å². The van der Waals surface area contributed by atoms with E-state index in [1.807, 2.05) is 4.72 Å². The molecule has 2 rings (SSSR count). The number of aromatic nitrogens is 1. The minimum atomic E-state index is -4.52. The van der Waals surface area contributed by atoms with Crippen molar-refractivity contribution in [1.29, 1.82) is 0 Å². The second kappa shape index (κ2) is 7.60. The summed E-state index contributed by atoms with van der Waals surface area (Å²) >= 11 is 0. The van der Waals surface area contributed by atoms with Crippen molar-refractivity contribution in [3.05, 3.63) is 48.3 Å². The lowest BCUT2D eigenvalue weighted by atomic mass is 10.2. The van der Waals surface area contributed by atoms with Gasteiger partial charge in [-0.1, -0.05) is 6.07 Å². The zero-order valence-electron chi connectivity index (χ0n) is 13.5. The minimum Gasteiger partial charge on any atom is -0.354 e. The quantitative estimate of drug-likeness (QED) is 0.730. The Hall–Kier alpha value is -2.82. The smallest absolute Gasteiger partial charge is 0.354 e. The lowest BCUT2D eigenvalue weighted by molar-refractivity contribution is -0.137. The molecule has 1 heterocycles. The number of benzene rings is 1. The summed E-state index contributed by atoms with van der Waals surface area (Å²) in [5, 5.41) is 3.60. The van der Waals surface area contributed by atoms with E-state index in [9.17, 15) is 26.4 Å². The van der Waals surface area contributed by atoms with E-state index in [1.165, 1.54) is 24.4 Å². The zero-order chi connectivity index (χ0) is 19.4. The first-order valence-corrected chi connectivity index (χ1v) is 8.80. The molecule has 0 spiro atoms. The van der Waals surface area contributed by atoms with Crippen LogP contribution in [0.15, 0.2) is 42.7 Å². The van der Waals surface area contributed by atoms with Crippen LogP contribution in [0.1, 0.15) is 12.5 Å². The Bertz CT molecular complexity index is 901. The molecule has 2 aromatic rings. The molecule has 0 atom stereocenters. The topological polar surface area (TPSA) is 100 Å². The fourth-order valence-corrected chi connectivity index (χ4v) is 2.82. The molecule has 7 nitrogen and oxygen atoms in total. The van der Waals surface area contributed by atoms with Gasteiger partial charge in [-0.3, -0.25) is 14.5 Å². The monoisotopic (exact) mass is 388 g/mol. The first-order chi connectivity index (χ1) is 12.1. The van der Waals surface area contributed by atoms with E-state index in [0.717, 1.165) is 18.3 Å². The number of amides is 1. The molecule has 0 saturated heterocycles. The summed E-state index contributed by atoms with van der Waals surface area (Å²) in [5.74, 6) is 0. The molecule has 0 fully saturated rings. The Labute approximate surface area is 147 Å². The predicted molar refractivity (Wildman–Crippen MR) is 90.6 cm³/mol. The van der Waals surface area contributed by atoms with Crippen molar-refractivity contribution in [3.8, 4) is 0 Å². The van der Waals surface area contributed by atoms with Crippen molar-refractivity contribution in [2.75, 3.05) is 16.6 Å². The lowest BCUT2D eigenvalue weighted by Gasteiger charge is -2.14. The molecule has 0 aliphatic rings. The van der Waals surface area contributed by atoms with Gasteiger partial charge in [-0.2, -0.15) is 21.6 Å². The lowest BCUT2D eigenvalue weighted by Crippen LogP contribution is -2.33. The van der Waals surface area contributed by atoms with Crippen LogP contribution in [0, 0.1) is 0 Å². The molecule has 0 bridgehead atoms. The van der Waals surface area contributed by atoms with E-state index < -0.39 is 27.0 Å². The molecule has 3 N–H and O–H groups in total. The Kier molecular flexibility index (Phi) is 5.70. The number of carbonyl (C=O) groups is 1. The molecule has 0 aliphatic carbocycles. The van der Waals surface area contributed by atoms with E-state index in [2.05, 4.69) is 15.6 Å². The van der Waals surface area contributed by atoms with E-state index in [0.29, 0.717) is 0 Å². The molecule has 0 radical (unpaired) electrons. The Morgan fingerprint density at radius 1 is 1.19 bits per heavy atom. The van der Waals surface area contributed by atoms with Gasteiger partial charge in [0.05, 0.1) is 23.1 Å². The van der Waals surface area contributed by atoms with Crippen LogP contribution in [-0.4, -0.2) is 25.2 Å². The van der Waals surface area contributed by atoms with Crippen LogP contribution in [-0.2, 0) is 16.2 Å². The van der Waals surface area contributed by atoms with Crippen molar-refractivity contribution >= 4 is 32.3 Å². The second-order valence-electron chi connectivity index (χ2n) is 5.05. The largest absolute Gasteiger partial charge is 0.416 e. The van der Waals surface area contributed by atoms with Crippen LogP contribution >= 0.6 is 0 Å². The molecule has 0 aliphatic heterocycles. The van der Waals surface area contributed by atoms with Crippen LogP contribution < -0.4 is 15.4 Å². The standard InChI is InChI=1S/C15H15F3N4O3S/c1-2-20-14(23)26(24,25)22-13-9-19-7-6-12(13)21-11-5-3-4-10(8-11)15(16,17)18/h3-9,22H,2H2,1H3,(H,19,21)(H,20,23). The van der Waals surface area contributed by atoms with Crippen LogP contribution in [0.5, 0.6) is 0 Å². The third-order valence-electron chi connectivity index (χ3n) is 3.10. The maximum atomic E-state index is 12.8. The first kappa shape index (κ1) is 19.5. The van der Waals surface area contributed by atoms with Gasteiger partial charge in [0.25, 0.3) is 0 Å². The van der Waals surface area contributed by atoms with Gasteiger partial charge in [0, 0.05) is 18.4 Å². The summed E-state index contributed by atoms with van der Waals surface area (Å²) in [6.07, 6.45) is -2.06. The Morgan fingerprint density at radius 2 is 1.92 bits per heavy atom. The van der Waals surface area contributed by atoms with Gasteiger partial charge < -0.3 is 10.6 Å². The highest BCUT2D eigenvalue weighted by Gasteiger charge is 2.30. The SMILES string of the molecule is CCNC(=O)S(=O)(=O)Nc1cnccc1Nc1cccc(C(F)(F)F)c1. The fourth-order valence-electron chi connectivity index (χ4n) is 1.94. The number of nitrogens with one attached hydrogen (secondary N) is 3. The number of hydrogen-bond acceptors (Lipinski definition) is 5. The van der Waals surface area contributed by atoms with Crippen LogP contribution in [0.25, 0.3) is 0 Å². The van der Waals surface area contributed by atoms with E-state index in [1.54, 1.807) is 6.92 Å². The number of hydrogen-bond donors (Lipinski definition) is 3. The van der Waals surface area contributed by atoms with Crippen molar-refractivity contribution < 1.29 is 26.4 Å². The predicted octanol–water partition coefficient (Wildman–Crippen LogP) is 3.32. The molecule has 0 unspecified atom stereocenters.